The summed E-state index contributed by atoms with van der Waals surface area (Å²) in [5.41, 5.74) is 0.560. The first-order chi connectivity index (χ1) is 10.9. The third-order valence-electron chi connectivity index (χ3n) is 3.44. The molecule has 2 N–H and O–H groups in total. The Morgan fingerprint density at radius 2 is 1.87 bits per heavy atom. The van der Waals surface area contributed by atoms with E-state index < -0.39 is 11.9 Å². The molecular formula is C16H21ClN2O4. The average Bonchev–Trinajstić information content (AvgIpc) is 2.55. The molecule has 2 amide bonds. The van der Waals surface area contributed by atoms with Crippen LogP contribution >= 0.6 is 11.6 Å². The van der Waals surface area contributed by atoms with Crippen LogP contribution in [0.5, 0.6) is 0 Å². The van der Waals surface area contributed by atoms with Gasteiger partial charge in [0.2, 0.25) is 11.8 Å². The molecule has 0 heterocycles. The predicted octanol–water partition coefficient (Wildman–Crippen LogP) is 2.62. The van der Waals surface area contributed by atoms with E-state index >= 15 is 0 Å². The van der Waals surface area contributed by atoms with Crippen molar-refractivity contribution in [1.82, 2.24) is 5.32 Å². The fourth-order valence-corrected chi connectivity index (χ4v) is 2.20. The number of carbonyl (C=O) groups is 3. The number of nitrogens with one attached hydrogen (secondary N) is 2. The number of rotatable bonds is 7. The fourth-order valence-electron chi connectivity index (χ4n) is 2.03. The molecule has 1 aromatic rings. The van der Waals surface area contributed by atoms with Gasteiger partial charge >= 0.3 is 5.97 Å². The minimum atomic E-state index is -0.529. The Bertz CT molecular complexity index is 585. The molecule has 1 rings (SSSR count). The molecule has 0 spiro atoms. The number of esters is 1. The molecule has 0 fully saturated rings. The number of ether oxygens (including phenoxy) is 1. The minimum Gasteiger partial charge on any atom is -0.465 e. The second-order valence-corrected chi connectivity index (χ2v) is 5.37. The van der Waals surface area contributed by atoms with Crippen LogP contribution in [0.15, 0.2) is 18.2 Å². The lowest BCUT2D eigenvalue weighted by atomic mass is 10.0. The number of hydrogen-bond acceptors (Lipinski definition) is 4. The van der Waals surface area contributed by atoms with Crippen molar-refractivity contribution >= 4 is 35.1 Å². The van der Waals surface area contributed by atoms with Gasteiger partial charge in [0.25, 0.3) is 0 Å². The number of amides is 2. The Morgan fingerprint density at radius 3 is 2.43 bits per heavy atom. The number of anilines is 1. The fraction of sp³-hybridized carbons (Fsp3) is 0.438. The highest BCUT2D eigenvalue weighted by molar-refractivity contribution is 6.33. The largest absolute Gasteiger partial charge is 0.465 e. The zero-order valence-corrected chi connectivity index (χ0v) is 14.2. The van der Waals surface area contributed by atoms with Crippen LogP contribution in [0.3, 0.4) is 0 Å². The van der Waals surface area contributed by atoms with E-state index in [0.29, 0.717) is 0 Å². The normalized spacial score (nSPS) is 10.3. The van der Waals surface area contributed by atoms with Gasteiger partial charge in [0, 0.05) is 5.92 Å². The number of benzene rings is 1. The first-order valence-electron chi connectivity index (χ1n) is 7.38. The summed E-state index contributed by atoms with van der Waals surface area (Å²) in [7, 11) is 1.27. The molecule has 0 aliphatic heterocycles. The highest BCUT2D eigenvalue weighted by atomic mass is 35.5. The maximum absolute atomic E-state index is 11.9. The third-order valence-corrected chi connectivity index (χ3v) is 3.77. The van der Waals surface area contributed by atoms with Crippen molar-refractivity contribution in [3.63, 3.8) is 0 Å². The van der Waals surface area contributed by atoms with E-state index in [1.54, 1.807) is 0 Å². The molecule has 0 saturated carbocycles. The van der Waals surface area contributed by atoms with E-state index in [-0.39, 0.29) is 34.6 Å². The van der Waals surface area contributed by atoms with Gasteiger partial charge in [-0.1, -0.05) is 25.4 Å². The lowest BCUT2D eigenvalue weighted by molar-refractivity contribution is -0.127. The molecule has 0 saturated heterocycles. The quantitative estimate of drug-likeness (QED) is 0.747. The topological polar surface area (TPSA) is 84.5 Å². The maximum Gasteiger partial charge on any atom is 0.337 e. The Hall–Kier alpha value is -2.08. The van der Waals surface area contributed by atoms with Crippen molar-refractivity contribution in [1.29, 1.82) is 0 Å². The Labute approximate surface area is 140 Å². The van der Waals surface area contributed by atoms with Gasteiger partial charge in [-0.3, -0.25) is 9.59 Å². The smallest absolute Gasteiger partial charge is 0.337 e. The second kappa shape index (κ2) is 9.15. The first kappa shape index (κ1) is 19.0. The number of carbonyl (C=O) groups excluding carboxylic acids is 3. The summed E-state index contributed by atoms with van der Waals surface area (Å²) in [4.78, 5) is 35.2. The number of methoxy groups -OCH3 is 1. The van der Waals surface area contributed by atoms with Crippen LogP contribution in [0.25, 0.3) is 0 Å². The van der Waals surface area contributed by atoms with Gasteiger partial charge in [-0.05, 0) is 31.0 Å². The molecule has 126 valence electrons. The van der Waals surface area contributed by atoms with Crippen LogP contribution in [0.4, 0.5) is 5.69 Å². The first-order valence-corrected chi connectivity index (χ1v) is 7.76. The van der Waals surface area contributed by atoms with E-state index in [2.05, 4.69) is 15.4 Å². The van der Waals surface area contributed by atoms with Crippen LogP contribution in [0.1, 0.15) is 37.0 Å². The second-order valence-electron chi connectivity index (χ2n) is 4.97. The van der Waals surface area contributed by atoms with Crippen LogP contribution in [-0.4, -0.2) is 31.4 Å². The van der Waals surface area contributed by atoms with Crippen molar-refractivity contribution < 1.29 is 19.1 Å². The standard InChI is InChI=1S/C16H21ClN2O4/c1-4-10(5-2)15(21)18-9-14(20)19-13-8-11(16(22)23-3)6-7-12(13)17/h6-8,10H,4-5,9H2,1-3H3,(H,18,21)(H,19,20). The average molecular weight is 341 g/mol. The number of halogens is 1. The van der Waals surface area contributed by atoms with Crippen LogP contribution in [0.2, 0.25) is 5.02 Å². The van der Waals surface area contributed by atoms with Crippen molar-refractivity contribution in [2.24, 2.45) is 5.92 Å². The zero-order valence-electron chi connectivity index (χ0n) is 13.4. The molecule has 0 aliphatic rings. The molecule has 23 heavy (non-hydrogen) atoms. The van der Waals surface area contributed by atoms with Crippen LogP contribution < -0.4 is 10.6 Å². The molecule has 6 nitrogen and oxygen atoms in total. The Balaban J connectivity index is 2.67. The molecule has 1 aromatic carbocycles. The SMILES string of the molecule is CCC(CC)C(=O)NCC(=O)Nc1cc(C(=O)OC)ccc1Cl. The molecule has 0 radical (unpaired) electrons. The molecule has 0 aliphatic carbocycles. The van der Waals surface area contributed by atoms with E-state index in [0.717, 1.165) is 12.8 Å². The van der Waals surface area contributed by atoms with Gasteiger partial charge in [0.1, 0.15) is 0 Å². The van der Waals surface area contributed by atoms with Gasteiger partial charge in [-0.15, -0.1) is 0 Å². The zero-order chi connectivity index (χ0) is 17.4. The Morgan fingerprint density at radius 1 is 1.22 bits per heavy atom. The summed E-state index contributed by atoms with van der Waals surface area (Å²) in [5, 5.41) is 5.44. The molecule has 0 unspecified atom stereocenters. The maximum atomic E-state index is 11.9. The lowest BCUT2D eigenvalue weighted by Gasteiger charge is -2.13. The predicted molar refractivity (Wildman–Crippen MR) is 88.5 cm³/mol. The van der Waals surface area contributed by atoms with Gasteiger partial charge < -0.3 is 15.4 Å². The summed E-state index contributed by atoms with van der Waals surface area (Å²) in [6.45, 7) is 3.69. The molecule has 0 atom stereocenters. The van der Waals surface area contributed by atoms with E-state index in [1.807, 2.05) is 13.8 Å². The molecule has 0 aromatic heterocycles. The third kappa shape index (κ3) is 5.56. The summed E-state index contributed by atoms with van der Waals surface area (Å²) in [6.07, 6.45) is 1.44. The summed E-state index contributed by atoms with van der Waals surface area (Å²) >= 11 is 5.99. The van der Waals surface area contributed by atoms with Crippen molar-refractivity contribution in [2.75, 3.05) is 19.0 Å². The summed E-state index contributed by atoms with van der Waals surface area (Å²) in [5.74, 6) is -1.21. The summed E-state index contributed by atoms with van der Waals surface area (Å²) in [6, 6.07) is 4.42. The van der Waals surface area contributed by atoms with Gasteiger partial charge in [-0.25, -0.2) is 4.79 Å². The highest BCUT2D eigenvalue weighted by Gasteiger charge is 2.16. The van der Waals surface area contributed by atoms with Gasteiger partial charge in [-0.2, -0.15) is 0 Å². The van der Waals surface area contributed by atoms with Gasteiger partial charge in [0.05, 0.1) is 29.9 Å². The van der Waals surface area contributed by atoms with E-state index in [4.69, 9.17) is 11.6 Å². The molecular weight excluding hydrogens is 320 g/mol. The molecule has 0 bridgehead atoms. The minimum absolute atomic E-state index is 0.103. The van der Waals surface area contributed by atoms with Crippen molar-refractivity contribution in [3.05, 3.63) is 28.8 Å². The molecule has 7 heteroatoms. The van der Waals surface area contributed by atoms with Crippen LogP contribution in [-0.2, 0) is 14.3 Å². The van der Waals surface area contributed by atoms with Gasteiger partial charge in [0.15, 0.2) is 0 Å². The highest BCUT2D eigenvalue weighted by Crippen LogP contribution is 2.23. The van der Waals surface area contributed by atoms with Crippen molar-refractivity contribution in [2.45, 2.75) is 26.7 Å². The van der Waals surface area contributed by atoms with E-state index in [9.17, 15) is 14.4 Å². The summed E-state index contributed by atoms with van der Waals surface area (Å²) < 4.78 is 4.61. The monoisotopic (exact) mass is 340 g/mol. The lowest BCUT2D eigenvalue weighted by Crippen LogP contribution is -2.36. The van der Waals surface area contributed by atoms with Crippen LogP contribution in [0, 0.1) is 5.92 Å². The Kier molecular flexibility index (Phi) is 7.54. The number of hydrogen-bond donors (Lipinski definition) is 2. The van der Waals surface area contributed by atoms with Crippen molar-refractivity contribution in [3.8, 4) is 0 Å². The van der Waals surface area contributed by atoms with E-state index in [1.165, 1.54) is 25.3 Å².